The minimum absolute atomic E-state index is 0.0537. The number of anilines is 1. The molecule has 148 valence electrons. The van der Waals surface area contributed by atoms with Gasteiger partial charge in [0.15, 0.2) is 0 Å². The Bertz CT molecular complexity index is 1030. The molecular weight excluding hydrogens is 398 g/mol. The van der Waals surface area contributed by atoms with E-state index in [1.54, 1.807) is 36.4 Å². The Labute approximate surface area is 170 Å². The SMILES string of the molecule is CCS(=O)(=O)N1CC(Cc2cncc(N3C(=O)c4ccc(Cl)cc4[C@H]3C)c2)C1. The van der Waals surface area contributed by atoms with E-state index in [9.17, 15) is 13.2 Å². The number of rotatable bonds is 5. The van der Waals surface area contributed by atoms with E-state index in [-0.39, 0.29) is 23.6 Å². The number of carbonyl (C=O) groups excluding carboxylic acids is 1. The van der Waals surface area contributed by atoms with Gasteiger partial charge in [0.1, 0.15) is 0 Å². The van der Waals surface area contributed by atoms with Gasteiger partial charge >= 0.3 is 0 Å². The lowest BCUT2D eigenvalue weighted by atomic mass is 9.95. The van der Waals surface area contributed by atoms with Gasteiger partial charge in [-0.05, 0) is 61.6 Å². The second kappa shape index (κ2) is 7.13. The van der Waals surface area contributed by atoms with Crippen LogP contribution in [0.3, 0.4) is 0 Å². The van der Waals surface area contributed by atoms with Crippen molar-refractivity contribution in [3.63, 3.8) is 0 Å². The first-order valence-electron chi connectivity index (χ1n) is 9.35. The van der Waals surface area contributed by atoms with Crippen molar-refractivity contribution in [3.8, 4) is 0 Å². The first kappa shape index (κ1) is 19.4. The highest BCUT2D eigenvalue weighted by Crippen LogP contribution is 2.38. The quantitative estimate of drug-likeness (QED) is 0.745. The molecule has 2 aliphatic heterocycles. The van der Waals surface area contributed by atoms with Gasteiger partial charge in [0.2, 0.25) is 10.0 Å². The topological polar surface area (TPSA) is 70.6 Å². The van der Waals surface area contributed by atoms with E-state index in [1.807, 2.05) is 19.1 Å². The van der Waals surface area contributed by atoms with Crippen LogP contribution >= 0.6 is 11.6 Å². The summed E-state index contributed by atoms with van der Waals surface area (Å²) in [5, 5.41) is 0.615. The molecule has 8 heteroatoms. The molecule has 1 fully saturated rings. The number of aromatic nitrogens is 1. The zero-order valence-corrected chi connectivity index (χ0v) is 17.4. The Kier molecular flexibility index (Phi) is 4.93. The van der Waals surface area contributed by atoms with Crippen molar-refractivity contribution in [2.45, 2.75) is 26.3 Å². The molecule has 0 bridgehead atoms. The average molecular weight is 420 g/mol. The normalized spacial score (nSPS) is 20.3. The predicted octanol–water partition coefficient (Wildman–Crippen LogP) is 3.28. The first-order chi connectivity index (χ1) is 13.3. The van der Waals surface area contributed by atoms with Crippen LogP contribution in [0.15, 0.2) is 36.7 Å². The van der Waals surface area contributed by atoms with Crippen molar-refractivity contribution in [2.24, 2.45) is 5.92 Å². The van der Waals surface area contributed by atoms with E-state index in [0.29, 0.717) is 23.7 Å². The van der Waals surface area contributed by atoms with Crippen molar-refractivity contribution < 1.29 is 13.2 Å². The molecule has 6 nitrogen and oxygen atoms in total. The van der Waals surface area contributed by atoms with Crippen LogP contribution < -0.4 is 4.90 Å². The molecule has 1 aromatic heterocycles. The largest absolute Gasteiger partial charge is 0.300 e. The number of benzene rings is 1. The van der Waals surface area contributed by atoms with Gasteiger partial charge in [-0.3, -0.25) is 14.7 Å². The minimum Gasteiger partial charge on any atom is -0.300 e. The molecule has 1 amide bonds. The van der Waals surface area contributed by atoms with E-state index in [1.165, 1.54) is 4.31 Å². The summed E-state index contributed by atoms with van der Waals surface area (Å²) in [6.45, 7) is 4.73. The lowest BCUT2D eigenvalue weighted by molar-refractivity contribution is 0.0992. The van der Waals surface area contributed by atoms with Crippen LogP contribution in [0.1, 0.15) is 41.4 Å². The molecular formula is C20H22ClN3O3S. The molecule has 0 saturated carbocycles. The highest BCUT2D eigenvalue weighted by atomic mass is 35.5. The maximum Gasteiger partial charge on any atom is 0.259 e. The Morgan fingerprint density at radius 1 is 1.21 bits per heavy atom. The predicted molar refractivity (Wildman–Crippen MR) is 109 cm³/mol. The van der Waals surface area contributed by atoms with Gasteiger partial charge < -0.3 is 0 Å². The van der Waals surface area contributed by atoms with E-state index in [4.69, 9.17) is 11.6 Å². The molecule has 0 N–H and O–H groups in total. The molecule has 4 rings (SSSR count). The molecule has 0 radical (unpaired) electrons. The number of nitrogens with zero attached hydrogens (tertiary/aromatic N) is 3. The smallest absolute Gasteiger partial charge is 0.259 e. The van der Waals surface area contributed by atoms with Crippen LogP contribution in [0.5, 0.6) is 0 Å². The Morgan fingerprint density at radius 3 is 2.68 bits per heavy atom. The number of carbonyl (C=O) groups is 1. The molecule has 2 aromatic rings. The van der Waals surface area contributed by atoms with Crippen molar-refractivity contribution >= 4 is 33.2 Å². The number of hydrogen-bond acceptors (Lipinski definition) is 4. The molecule has 0 unspecified atom stereocenters. The minimum atomic E-state index is -3.10. The standard InChI is InChI=1S/C20H22ClN3O3S/c1-3-28(26,27)23-11-15(12-23)6-14-7-17(10-22-9-14)24-13(2)19-8-16(21)4-5-18(19)20(24)25/h4-5,7-10,13,15H,3,6,11-12H2,1-2H3/t13-/m1/s1. The van der Waals surface area contributed by atoms with E-state index in [0.717, 1.165) is 23.2 Å². The second-order valence-corrected chi connectivity index (χ2v) is 10.1. The van der Waals surface area contributed by atoms with E-state index >= 15 is 0 Å². The second-order valence-electron chi connectivity index (χ2n) is 7.42. The van der Waals surface area contributed by atoms with Crippen LogP contribution in [-0.4, -0.2) is 42.5 Å². The number of sulfonamides is 1. The van der Waals surface area contributed by atoms with Crippen LogP contribution in [0.25, 0.3) is 0 Å². The Morgan fingerprint density at radius 2 is 1.96 bits per heavy atom. The van der Waals surface area contributed by atoms with Gasteiger partial charge in [0.05, 0.1) is 23.7 Å². The maximum absolute atomic E-state index is 12.9. The molecule has 2 aliphatic rings. The van der Waals surface area contributed by atoms with Crippen LogP contribution in [0.4, 0.5) is 5.69 Å². The highest BCUT2D eigenvalue weighted by Gasteiger charge is 2.36. The average Bonchev–Trinajstić information content (AvgIpc) is 2.88. The third-order valence-electron chi connectivity index (χ3n) is 5.57. The number of pyridine rings is 1. The Hall–Kier alpha value is -1.96. The van der Waals surface area contributed by atoms with Crippen molar-refractivity contribution in [1.82, 2.24) is 9.29 Å². The zero-order valence-electron chi connectivity index (χ0n) is 15.8. The molecule has 1 atom stereocenters. The van der Waals surface area contributed by atoms with E-state index < -0.39 is 10.0 Å². The Balaban J connectivity index is 1.50. The molecule has 1 saturated heterocycles. The number of amides is 1. The summed E-state index contributed by atoms with van der Waals surface area (Å²) in [4.78, 5) is 19.0. The summed E-state index contributed by atoms with van der Waals surface area (Å²) in [5.74, 6) is 0.360. The molecule has 3 heterocycles. The zero-order chi connectivity index (χ0) is 20.1. The molecule has 1 aromatic carbocycles. The fourth-order valence-electron chi connectivity index (χ4n) is 3.97. The fourth-order valence-corrected chi connectivity index (χ4v) is 5.39. The fraction of sp³-hybridized carbons (Fsp3) is 0.400. The van der Waals surface area contributed by atoms with Gasteiger partial charge in [-0.2, -0.15) is 0 Å². The highest BCUT2D eigenvalue weighted by molar-refractivity contribution is 7.89. The third kappa shape index (κ3) is 3.32. The summed E-state index contributed by atoms with van der Waals surface area (Å²) < 4.78 is 25.3. The van der Waals surface area contributed by atoms with Crippen LogP contribution in [0, 0.1) is 5.92 Å². The summed E-state index contributed by atoms with van der Waals surface area (Å²) >= 11 is 6.10. The van der Waals surface area contributed by atoms with Gasteiger partial charge in [-0.1, -0.05) is 11.6 Å². The molecule has 0 spiro atoms. The summed E-state index contributed by atoms with van der Waals surface area (Å²) in [5.41, 5.74) is 3.34. The monoisotopic (exact) mass is 419 g/mol. The van der Waals surface area contributed by atoms with Gasteiger partial charge in [0, 0.05) is 29.9 Å². The molecule has 28 heavy (non-hydrogen) atoms. The number of halogens is 1. The van der Waals surface area contributed by atoms with Gasteiger partial charge in [0.25, 0.3) is 5.91 Å². The summed E-state index contributed by atoms with van der Waals surface area (Å²) in [7, 11) is -3.10. The maximum atomic E-state index is 12.9. The van der Waals surface area contributed by atoms with Crippen molar-refractivity contribution in [2.75, 3.05) is 23.7 Å². The number of hydrogen-bond donors (Lipinski definition) is 0. The van der Waals surface area contributed by atoms with Gasteiger partial charge in [-0.25, -0.2) is 12.7 Å². The van der Waals surface area contributed by atoms with Gasteiger partial charge in [-0.15, -0.1) is 0 Å². The van der Waals surface area contributed by atoms with Crippen LogP contribution in [0.2, 0.25) is 5.02 Å². The lowest BCUT2D eigenvalue weighted by Crippen LogP contribution is -2.51. The molecule has 0 aliphatic carbocycles. The van der Waals surface area contributed by atoms with E-state index in [2.05, 4.69) is 4.98 Å². The van der Waals surface area contributed by atoms with Crippen LogP contribution in [-0.2, 0) is 16.4 Å². The third-order valence-corrected chi connectivity index (χ3v) is 7.61. The first-order valence-corrected chi connectivity index (χ1v) is 11.3. The van der Waals surface area contributed by atoms with Crippen molar-refractivity contribution in [1.29, 1.82) is 0 Å². The number of fused-ring (bicyclic) bond motifs is 1. The lowest BCUT2D eigenvalue weighted by Gasteiger charge is -2.38. The summed E-state index contributed by atoms with van der Waals surface area (Å²) in [6.07, 6.45) is 4.22. The summed E-state index contributed by atoms with van der Waals surface area (Å²) in [6, 6.07) is 7.20. The van der Waals surface area contributed by atoms with Crippen molar-refractivity contribution in [3.05, 3.63) is 58.4 Å².